The van der Waals surface area contributed by atoms with Crippen LogP contribution in [0.25, 0.3) is 0 Å². The average molecular weight is 522 g/mol. The number of nitro groups is 2. The number of rotatable bonds is 10. The predicted molar refractivity (Wildman–Crippen MR) is 132 cm³/mol. The van der Waals surface area contributed by atoms with E-state index in [1.54, 1.807) is 6.92 Å². The Bertz CT molecular complexity index is 1200. The van der Waals surface area contributed by atoms with Gasteiger partial charge in [-0.3, -0.25) is 29.8 Å². The van der Waals surface area contributed by atoms with Crippen LogP contribution in [0.2, 0.25) is 0 Å². The molecule has 2 aromatic rings. The summed E-state index contributed by atoms with van der Waals surface area (Å²) in [7, 11) is 2.60. The van der Waals surface area contributed by atoms with Gasteiger partial charge in [0.1, 0.15) is 11.4 Å². The van der Waals surface area contributed by atoms with Crippen molar-refractivity contribution < 1.29 is 33.3 Å². The number of nitrogens with zero attached hydrogens (tertiary/aromatic N) is 4. The highest BCUT2D eigenvalue weighted by Crippen LogP contribution is 2.40. The summed E-state index contributed by atoms with van der Waals surface area (Å²) in [5, 5.41) is 35.3. The minimum absolute atomic E-state index is 0.0173. The van der Waals surface area contributed by atoms with Gasteiger partial charge in [0.25, 0.3) is 0 Å². The van der Waals surface area contributed by atoms with Gasteiger partial charge < -0.3 is 20.1 Å². The zero-order valence-electron chi connectivity index (χ0n) is 21.0. The summed E-state index contributed by atoms with van der Waals surface area (Å²) >= 11 is 0. The van der Waals surface area contributed by atoms with E-state index in [1.807, 2.05) is 13.8 Å². The van der Waals surface area contributed by atoms with Crippen molar-refractivity contribution in [3.05, 3.63) is 50.3 Å². The van der Waals surface area contributed by atoms with E-state index in [4.69, 9.17) is 4.74 Å². The van der Waals surface area contributed by atoms with Crippen LogP contribution >= 0.6 is 0 Å². The molecule has 0 radical (unpaired) electrons. The Morgan fingerprint density at radius 2 is 1.59 bits per heavy atom. The van der Waals surface area contributed by atoms with Crippen LogP contribution in [-0.2, 0) is 14.3 Å². The Balaban J connectivity index is 0.00000334. The second kappa shape index (κ2) is 14.0. The highest BCUT2D eigenvalue weighted by Gasteiger charge is 2.25. The van der Waals surface area contributed by atoms with Crippen molar-refractivity contribution in [2.45, 2.75) is 40.2 Å². The van der Waals surface area contributed by atoms with E-state index in [9.17, 15) is 34.2 Å². The molecule has 0 aliphatic carbocycles. The minimum Gasteiger partial charge on any atom is -0.495 e. The van der Waals surface area contributed by atoms with Crippen molar-refractivity contribution in [3.63, 3.8) is 0 Å². The number of carbonyl (C=O) groups is 2. The number of ether oxygens (including phenoxy) is 2. The first-order valence-electron chi connectivity index (χ1n) is 10.8. The van der Waals surface area contributed by atoms with E-state index in [0.29, 0.717) is 17.8 Å². The van der Waals surface area contributed by atoms with Gasteiger partial charge in [-0.25, -0.2) is 0 Å². The van der Waals surface area contributed by atoms with Crippen molar-refractivity contribution in [2.75, 3.05) is 24.9 Å². The van der Waals surface area contributed by atoms with Crippen LogP contribution in [0, 0.1) is 26.0 Å². The SMILES string of the molecule is CC.COC(=O)CC(C)Nc1cc(NC(C)=O)c(N=Nc2cc(F)c([N+](=O)[O-])cc2[N+](=O)[O-])cc1OC. The molecule has 15 heteroatoms. The number of carbonyl (C=O) groups excluding carboxylic acids is 2. The minimum atomic E-state index is -1.34. The van der Waals surface area contributed by atoms with Crippen molar-refractivity contribution in [2.24, 2.45) is 10.2 Å². The number of hydrogen-bond donors (Lipinski definition) is 2. The van der Waals surface area contributed by atoms with Gasteiger partial charge in [-0.1, -0.05) is 13.8 Å². The summed E-state index contributed by atoms with van der Waals surface area (Å²) in [6.45, 7) is 6.94. The molecule has 200 valence electrons. The molecule has 0 saturated carbocycles. The Kier molecular flexibility index (Phi) is 11.5. The maximum absolute atomic E-state index is 14.0. The van der Waals surface area contributed by atoms with Gasteiger partial charge in [-0.05, 0) is 13.0 Å². The van der Waals surface area contributed by atoms with E-state index >= 15 is 0 Å². The van der Waals surface area contributed by atoms with Gasteiger partial charge in [-0.15, -0.1) is 10.2 Å². The lowest BCUT2D eigenvalue weighted by Gasteiger charge is -2.18. The average Bonchev–Trinajstić information content (AvgIpc) is 2.83. The number of nitrogens with one attached hydrogen (secondary N) is 2. The summed E-state index contributed by atoms with van der Waals surface area (Å²) in [5.74, 6) is -2.05. The number of amides is 1. The molecular formula is C22H27FN6O8. The third kappa shape index (κ3) is 8.48. The van der Waals surface area contributed by atoms with E-state index in [0.717, 1.165) is 0 Å². The first-order valence-corrected chi connectivity index (χ1v) is 10.8. The van der Waals surface area contributed by atoms with Crippen LogP contribution in [0.1, 0.15) is 34.1 Å². The Morgan fingerprint density at radius 3 is 2.11 bits per heavy atom. The number of benzene rings is 2. The Labute approximate surface area is 211 Å². The predicted octanol–water partition coefficient (Wildman–Crippen LogP) is 5.41. The summed E-state index contributed by atoms with van der Waals surface area (Å²) in [4.78, 5) is 43.4. The lowest BCUT2D eigenvalue weighted by Crippen LogP contribution is -2.20. The number of nitro benzene ring substituents is 2. The molecule has 2 N–H and O–H groups in total. The quantitative estimate of drug-likeness (QED) is 0.178. The highest BCUT2D eigenvalue weighted by atomic mass is 19.1. The molecular weight excluding hydrogens is 495 g/mol. The second-order valence-electron chi connectivity index (χ2n) is 7.08. The molecule has 0 aliphatic rings. The number of anilines is 2. The third-order valence-corrected chi connectivity index (χ3v) is 4.43. The molecule has 0 fully saturated rings. The standard InChI is InChI=1S/C20H21FN6O8.C2H6/c1-10(5-20(29)35-4)22-16-7-13(23-11(2)28)14(8-19(16)34-3)24-25-15-6-12(21)17(26(30)31)9-18(15)27(32)33;1-2/h6-10,22H,5H2,1-4H3,(H,23,28);1-2H3. The fraction of sp³-hybridized carbons (Fsp3) is 0.364. The molecule has 0 saturated heterocycles. The van der Waals surface area contributed by atoms with Crippen LogP contribution in [0.5, 0.6) is 5.75 Å². The van der Waals surface area contributed by atoms with E-state index in [2.05, 4.69) is 25.6 Å². The lowest BCUT2D eigenvalue weighted by molar-refractivity contribution is -0.395. The number of hydrogen-bond acceptors (Lipinski definition) is 11. The summed E-state index contributed by atoms with van der Waals surface area (Å²) < 4.78 is 24.0. The van der Waals surface area contributed by atoms with Crippen LogP contribution in [0.3, 0.4) is 0 Å². The van der Waals surface area contributed by atoms with Gasteiger partial charge in [0, 0.05) is 25.1 Å². The highest BCUT2D eigenvalue weighted by molar-refractivity contribution is 5.93. The normalized spacial score (nSPS) is 11.1. The zero-order chi connectivity index (χ0) is 28.3. The number of halogens is 1. The molecule has 1 unspecified atom stereocenters. The molecule has 2 aromatic carbocycles. The van der Waals surface area contributed by atoms with Crippen molar-refractivity contribution in [1.82, 2.24) is 0 Å². The van der Waals surface area contributed by atoms with Crippen LogP contribution in [-0.4, -0.2) is 42.0 Å². The largest absolute Gasteiger partial charge is 0.495 e. The number of methoxy groups -OCH3 is 2. The fourth-order valence-corrected chi connectivity index (χ4v) is 2.89. The van der Waals surface area contributed by atoms with Crippen molar-refractivity contribution >= 4 is 46.0 Å². The van der Waals surface area contributed by atoms with Gasteiger partial charge in [0.2, 0.25) is 11.7 Å². The molecule has 1 atom stereocenters. The summed E-state index contributed by atoms with van der Waals surface area (Å²) in [6.07, 6.45) is 0.0337. The number of azo groups is 1. The number of esters is 1. The van der Waals surface area contributed by atoms with Gasteiger partial charge in [0.15, 0.2) is 5.69 Å². The van der Waals surface area contributed by atoms with Crippen LogP contribution in [0.4, 0.5) is 38.5 Å². The van der Waals surface area contributed by atoms with E-state index in [1.165, 1.54) is 33.3 Å². The third-order valence-electron chi connectivity index (χ3n) is 4.43. The Hall–Kier alpha value is -4.69. The Morgan fingerprint density at radius 1 is 1.00 bits per heavy atom. The van der Waals surface area contributed by atoms with Gasteiger partial charge in [0.05, 0.1) is 47.9 Å². The first kappa shape index (κ1) is 30.3. The first-order chi connectivity index (χ1) is 17.5. The molecule has 2 rings (SSSR count). The van der Waals surface area contributed by atoms with Gasteiger partial charge in [-0.2, -0.15) is 4.39 Å². The molecule has 0 aliphatic heterocycles. The van der Waals surface area contributed by atoms with Crippen LogP contribution < -0.4 is 15.4 Å². The molecule has 1 amide bonds. The lowest BCUT2D eigenvalue weighted by atomic mass is 10.1. The molecule has 14 nitrogen and oxygen atoms in total. The summed E-state index contributed by atoms with van der Waals surface area (Å²) in [6, 6.07) is 3.34. The molecule has 0 aromatic heterocycles. The van der Waals surface area contributed by atoms with Crippen molar-refractivity contribution in [1.29, 1.82) is 0 Å². The van der Waals surface area contributed by atoms with E-state index < -0.39 is 44.6 Å². The maximum Gasteiger partial charge on any atom is 0.311 e. The second-order valence-corrected chi connectivity index (χ2v) is 7.08. The van der Waals surface area contributed by atoms with Crippen LogP contribution in [0.15, 0.2) is 34.5 Å². The van der Waals surface area contributed by atoms with E-state index in [-0.39, 0.29) is 29.6 Å². The van der Waals surface area contributed by atoms with Crippen molar-refractivity contribution in [3.8, 4) is 5.75 Å². The summed E-state index contributed by atoms with van der Waals surface area (Å²) in [5.41, 5.74) is -2.05. The monoisotopic (exact) mass is 522 g/mol. The molecule has 37 heavy (non-hydrogen) atoms. The fourth-order valence-electron chi connectivity index (χ4n) is 2.89. The molecule has 0 heterocycles. The smallest absolute Gasteiger partial charge is 0.311 e. The van der Waals surface area contributed by atoms with Gasteiger partial charge >= 0.3 is 17.3 Å². The topological polar surface area (TPSA) is 188 Å². The molecule has 0 bridgehead atoms. The zero-order valence-corrected chi connectivity index (χ0v) is 21.0. The maximum atomic E-state index is 14.0. The molecule has 0 spiro atoms.